The van der Waals surface area contributed by atoms with E-state index in [0.717, 1.165) is 0 Å². The van der Waals surface area contributed by atoms with Crippen molar-refractivity contribution in [1.82, 2.24) is 4.90 Å². The van der Waals surface area contributed by atoms with Gasteiger partial charge >= 0.3 is 5.97 Å². The van der Waals surface area contributed by atoms with Crippen molar-refractivity contribution in [2.45, 2.75) is 13.3 Å². The van der Waals surface area contributed by atoms with E-state index in [1.165, 1.54) is 4.90 Å². The van der Waals surface area contributed by atoms with E-state index in [2.05, 4.69) is 11.8 Å². The van der Waals surface area contributed by atoms with Crippen LogP contribution in [0.3, 0.4) is 0 Å². The Bertz CT molecular complexity index is 557. The van der Waals surface area contributed by atoms with Gasteiger partial charge in [-0.1, -0.05) is 17.9 Å². The largest absolute Gasteiger partial charge is 0.466 e. The van der Waals surface area contributed by atoms with Crippen LogP contribution in [0.4, 0.5) is 0 Å². The first-order valence-electron chi connectivity index (χ1n) is 6.69. The molecule has 0 saturated heterocycles. The maximum atomic E-state index is 12.2. The number of aliphatic hydroxyl groups excluding tert-OH is 1. The summed E-state index contributed by atoms with van der Waals surface area (Å²) in [5.74, 6) is 4.78. The van der Waals surface area contributed by atoms with Crippen molar-refractivity contribution in [2.75, 3.05) is 26.8 Å². The fourth-order valence-corrected chi connectivity index (χ4v) is 1.69. The molecule has 0 aliphatic heterocycles. The summed E-state index contributed by atoms with van der Waals surface area (Å²) in [6.45, 7) is 2.15. The van der Waals surface area contributed by atoms with Crippen molar-refractivity contribution in [1.29, 1.82) is 0 Å². The van der Waals surface area contributed by atoms with Gasteiger partial charge in [0, 0.05) is 24.7 Å². The molecule has 0 fully saturated rings. The quantitative estimate of drug-likeness (QED) is 0.650. The molecule has 0 bridgehead atoms. The van der Waals surface area contributed by atoms with E-state index in [4.69, 9.17) is 9.84 Å². The molecule has 0 saturated carbocycles. The van der Waals surface area contributed by atoms with E-state index in [0.29, 0.717) is 24.3 Å². The van der Waals surface area contributed by atoms with E-state index in [1.807, 2.05) is 0 Å². The van der Waals surface area contributed by atoms with Gasteiger partial charge in [-0.2, -0.15) is 0 Å². The third-order valence-electron chi connectivity index (χ3n) is 2.72. The molecule has 0 radical (unpaired) electrons. The highest BCUT2D eigenvalue weighted by Gasteiger charge is 2.13. The van der Waals surface area contributed by atoms with Gasteiger partial charge in [-0.05, 0) is 25.1 Å². The van der Waals surface area contributed by atoms with Crippen molar-refractivity contribution < 1.29 is 19.4 Å². The van der Waals surface area contributed by atoms with E-state index >= 15 is 0 Å². The average molecular weight is 289 g/mol. The van der Waals surface area contributed by atoms with Crippen LogP contribution in [0.5, 0.6) is 0 Å². The lowest BCUT2D eigenvalue weighted by Crippen LogP contribution is -2.29. The fourth-order valence-electron chi connectivity index (χ4n) is 1.69. The van der Waals surface area contributed by atoms with E-state index < -0.39 is 0 Å². The third-order valence-corrected chi connectivity index (χ3v) is 2.72. The van der Waals surface area contributed by atoms with Gasteiger partial charge in [0.05, 0.1) is 13.0 Å². The second-order valence-corrected chi connectivity index (χ2v) is 4.32. The van der Waals surface area contributed by atoms with Crippen LogP contribution in [0.25, 0.3) is 0 Å². The van der Waals surface area contributed by atoms with Crippen LogP contribution >= 0.6 is 0 Å². The maximum absolute atomic E-state index is 12.2. The lowest BCUT2D eigenvalue weighted by Gasteiger charge is -2.16. The number of rotatable bonds is 5. The van der Waals surface area contributed by atoms with Gasteiger partial charge in [0.15, 0.2) is 0 Å². The predicted molar refractivity (Wildman–Crippen MR) is 78.6 cm³/mol. The molecule has 1 N–H and O–H groups in total. The second kappa shape index (κ2) is 8.77. The summed E-state index contributed by atoms with van der Waals surface area (Å²) in [7, 11) is 1.63. The van der Waals surface area contributed by atoms with Gasteiger partial charge in [-0.25, -0.2) is 0 Å². The summed E-state index contributed by atoms with van der Waals surface area (Å²) in [5, 5.41) is 8.67. The van der Waals surface area contributed by atoms with Crippen LogP contribution in [-0.2, 0) is 9.53 Å². The Kier molecular flexibility index (Phi) is 6.99. The highest BCUT2D eigenvalue weighted by molar-refractivity contribution is 5.94. The molecular formula is C16H19NO4. The molecule has 5 nitrogen and oxygen atoms in total. The smallest absolute Gasteiger partial charge is 0.307 e. The number of hydrogen-bond acceptors (Lipinski definition) is 4. The van der Waals surface area contributed by atoms with Crippen molar-refractivity contribution in [3.8, 4) is 11.8 Å². The van der Waals surface area contributed by atoms with Crippen molar-refractivity contribution >= 4 is 11.9 Å². The Morgan fingerprint density at radius 2 is 2.14 bits per heavy atom. The van der Waals surface area contributed by atoms with Gasteiger partial charge < -0.3 is 14.7 Å². The molecule has 0 unspecified atom stereocenters. The summed E-state index contributed by atoms with van der Waals surface area (Å²) in [4.78, 5) is 25.0. The third kappa shape index (κ3) is 5.67. The van der Waals surface area contributed by atoms with Gasteiger partial charge in [0.25, 0.3) is 5.91 Å². The van der Waals surface area contributed by atoms with Gasteiger partial charge in [-0.3, -0.25) is 9.59 Å². The maximum Gasteiger partial charge on any atom is 0.307 e. The molecular weight excluding hydrogens is 270 g/mol. The summed E-state index contributed by atoms with van der Waals surface area (Å²) >= 11 is 0. The predicted octanol–water partition coefficient (Wildman–Crippen LogP) is 1.06. The summed E-state index contributed by atoms with van der Waals surface area (Å²) in [6, 6.07) is 6.84. The van der Waals surface area contributed by atoms with Crippen LogP contribution in [0.15, 0.2) is 24.3 Å². The molecule has 1 rings (SSSR count). The average Bonchev–Trinajstić information content (AvgIpc) is 2.50. The van der Waals surface area contributed by atoms with Crippen molar-refractivity contribution in [2.24, 2.45) is 0 Å². The molecule has 1 aromatic rings. The molecule has 1 aromatic carbocycles. The first kappa shape index (κ1) is 16.7. The number of ether oxygens (including phenoxy) is 1. The molecule has 0 heterocycles. The number of carbonyl (C=O) groups excluding carboxylic acids is 2. The normalized spacial score (nSPS) is 9.48. The first-order valence-corrected chi connectivity index (χ1v) is 6.69. The minimum absolute atomic E-state index is 0.167. The second-order valence-electron chi connectivity index (χ2n) is 4.32. The standard InChI is InChI=1S/C16H19NO4/c1-3-21-15(19)9-10-17(2)16(20)14-8-4-6-13(12-14)7-5-11-18/h4,6,8,12,18H,3,9-11H2,1-2H3. The topological polar surface area (TPSA) is 66.8 Å². The lowest BCUT2D eigenvalue weighted by molar-refractivity contribution is -0.143. The van der Waals surface area contributed by atoms with Gasteiger partial charge in [-0.15, -0.1) is 0 Å². The molecule has 21 heavy (non-hydrogen) atoms. The van der Waals surface area contributed by atoms with Crippen LogP contribution in [0.1, 0.15) is 29.3 Å². The first-order chi connectivity index (χ1) is 10.1. The molecule has 0 spiro atoms. The molecule has 1 amide bonds. The Labute approximate surface area is 124 Å². The van der Waals surface area contributed by atoms with Gasteiger partial charge in [0.1, 0.15) is 6.61 Å². The van der Waals surface area contributed by atoms with Crippen LogP contribution in [0.2, 0.25) is 0 Å². The summed E-state index contributed by atoms with van der Waals surface area (Å²) < 4.78 is 4.82. The number of aliphatic hydroxyl groups is 1. The highest BCUT2D eigenvalue weighted by atomic mass is 16.5. The van der Waals surface area contributed by atoms with E-state index in [9.17, 15) is 9.59 Å². The molecule has 0 aliphatic carbocycles. The number of amides is 1. The molecule has 0 atom stereocenters. The summed E-state index contributed by atoms with van der Waals surface area (Å²) in [5.41, 5.74) is 1.15. The fraction of sp³-hybridized carbons (Fsp3) is 0.375. The Hall–Kier alpha value is -2.32. The number of benzene rings is 1. The van der Waals surface area contributed by atoms with Gasteiger partial charge in [0.2, 0.25) is 0 Å². The number of carbonyl (C=O) groups is 2. The zero-order chi connectivity index (χ0) is 15.7. The molecule has 0 aliphatic rings. The minimum atomic E-state index is -0.320. The Morgan fingerprint density at radius 1 is 1.38 bits per heavy atom. The Balaban J connectivity index is 2.67. The van der Waals surface area contributed by atoms with Crippen LogP contribution in [-0.4, -0.2) is 48.7 Å². The number of hydrogen-bond donors (Lipinski definition) is 1. The van der Waals surface area contributed by atoms with E-state index in [1.54, 1.807) is 38.2 Å². The SMILES string of the molecule is CCOC(=O)CCN(C)C(=O)c1cccc(C#CCO)c1. The Morgan fingerprint density at radius 3 is 2.81 bits per heavy atom. The molecule has 5 heteroatoms. The lowest BCUT2D eigenvalue weighted by atomic mass is 10.1. The molecule has 112 valence electrons. The van der Waals surface area contributed by atoms with Crippen molar-refractivity contribution in [3.63, 3.8) is 0 Å². The molecule has 0 aromatic heterocycles. The van der Waals surface area contributed by atoms with Crippen molar-refractivity contribution in [3.05, 3.63) is 35.4 Å². The zero-order valence-corrected chi connectivity index (χ0v) is 12.3. The number of nitrogens with zero attached hydrogens (tertiary/aromatic N) is 1. The minimum Gasteiger partial charge on any atom is -0.466 e. The van der Waals surface area contributed by atoms with Crippen LogP contribution in [0, 0.1) is 11.8 Å². The monoisotopic (exact) mass is 289 g/mol. The summed E-state index contributed by atoms with van der Waals surface area (Å²) in [6.07, 6.45) is 0.167. The zero-order valence-electron chi connectivity index (χ0n) is 12.3. The van der Waals surface area contributed by atoms with Crippen LogP contribution < -0.4 is 0 Å². The highest BCUT2D eigenvalue weighted by Crippen LogP contribution is 2.07. The number of esters is 1. The van der Waals surface area contributed by atoms with E-state index in [-0.39, 0.29) is 24.9 Å².